The van der Waals surface area contributed by atoms with Crippen molar-refractivity contribution in [3.8, 4) is 0 Å². The Kier molecular flexibility index (Phi) is 3.50. The summed E-state index contributed by atoms with van der Waals surface area (Å²) in [6, 6.07) is 13.0. The number of fused-ring (bicyclic) bond motifs is 2. The van der Waals surface area contributed by atoms with Crippen LogP contribution in [0.2, 0.25) is 0 Å². The quantitative estimate of drug-likeness (QED) is 0.601. The molecule has 0 fully saturated rings. The number of rotatable bonds is 4. The normalized spacial score (nSPS) is 12.0. The minimum atomic E-state index is -3.63. The number of aryl methyl sites for hydroxylation is 1. The summed E-state index contributed by atoms with van der Waals surface area (Å²) in [5.74, 6) is -0.265. The van der Waals surface area contributed by atoms with E-state index >= 15 is 0 Å². The highest BCUT2D eigenvalue weighted by molar-refractivity contribution is 7.92. The molecule has 122 valence electrons. The number of aromatic nitrogens is 2. The molecule has 0 aliphatic carbocycles. The summed E-state index contributed by atoms with van der Waals surface area (Å²) in [5, 5.41) is 4.92. The van der Waals surface area contributed by atoms with Crippen molar-refractivity contribution in [2.75, 3.05) is 4.72 Å². The first kappa shape index (κ1) is 15.1. The van der Waals surface area contributed by atoms with Crippen LogP contribution < -0.4 is 4.72 Å². The van der Waals surface area contributed by atoms with Gasteiger partial charge in [-0.15, -0.1) is 0 Å². The highest BCUT2D eigenvalue weighted by Crippen LogP contribution is 2.29. The van der Waals surface area contributed by atoms with Crippen LogP contribution in [0.4, 0.5) is 5.13 Å². The van der Waals surface area contributed by atoms with Crippen molar-refractivity contribution >= 4 is 47.7 Å². The van der Waals surface area contributed by atoms with E-state index in [9.17, 15) is 8.42 Å². The van der Waals surface area contributed by atoms with Crippen molar-refractivity contribution in [1.82, 2.24) is 10.1 Å². The van der Waals surface area contributed by atoms with Crippen molar-refractivity contribution in [3.05, 3.63) is 53.7 Å². The summed E-state index contributed by atoms with van der Waals surface area (Å²) < 4.78 is 33.5. The second-order valence-corrected chi connectivity index (χ2v) is 8.18. The zero-order chi connectivity index (χ0) is 16.7. The van der Waals surface area contributed by atoms with E-state index in [4.69, 9.17) is 4.52 Å². The minimum Gasteiger partial charge on any atom is -0.356 e. The Hall–Kier alpha value is -2.45. The molecule has 1 N–H and O–H groups in total. The van der Waals surface area contributed by atoms with E-state index in [0.717, 1.165) is 15.8 Å². The van der Waals surface area contributed by atoms with Gasteiger partial charge in [0.05, 0.1) is 10.2 Å². The number of hydrogen-bond acceptors (Lipinski definition) is 6. The van der Waals surface area contributed by atoms with Crippen LogP contribution in [0.5, 0.6) is 0 Å². The SMILES string of the molecule is Cc1cccc2sc(NS(=O)(=O)Cc3noc4ccccc34)nc12. The number of para-hydroxylation sites is 2. The Labute approximate surface area is 142 Å². The van der Waals surface area contributed by atoms with Gasteiger partial charge in [0.1, 0.15) is 11.4 Å². The molecule has 0 amide bonds. The summed E-state index contributed by atoms with van der Waals surface area (Å²) in [7, 11) is -3.63. The molecule has 0 atom stereocenters. The van der Waals surface area contributed by atoms with Crippen LogP contribution in [0.1, 0.15) is 11.3 Å². The number of hydrogen-bond donors (Lipinski definition) is 1. The molecule has 8 heteroatoms. The van der Waals surface area contributed by atoms with Gasteiger partial charge in [-0.05, 0) is 30.7 Å². The third kappa shape index (κ3) is 2.74. The van der Waals surface area contributed by atoms with Crippen LogP contribution in [0.3, 0.4) is 0 Å². The van der Waals surface area contributed by atoms with Crippen molar-refractivity contribution in [2.45, 2.75) is 12.7 Å². The molecule has 2 heterocycles. The molecule has 0 aliphatic heterocycles. The maximum atomic E-state index is 12.4. The van der Waals surface area contributed by atoms with Crippen LogP contribution in [-0.2, 0) is 15.8 Å². The highest BCUT2D eigenvalue weighted by atomic mass is 32.2. The molecular weight excluding hydrogens is 346 g/mol. The summed E-state index contributed by atoms with van der Waals surface area (Å²) in [6.45, 7) is 1.95. The zero-order valence-corrected chi connectivity index (χ0v) is 14.3. The first-order valence-corrected chi connectivity index (χ1v) is 9.69. The fourth-order valence-corrected chi connectivity index (χ4v) is 4.82. The van der Waals surface area contributed by atoms with Crippen LogP contribution in [-0.4, -0.2) is 18.6 Å². The number of benzene rings is 2. The molecule has 0 spiro atoms. The van der Waals surface area contributed by atoms with Crippen molar-refractivity contribution < 1.29 is 12.9 Å². The number of thiazole rings is 1. The van der Waals surface area contributed by atoms with E-state index < -0.39 is 10.0 Å². The fraction of sp³-hybridized carbons (Fsp3) is 0.125. The molecule has 0 radical (unpaired) electrons. The first-order valence-electron chi connectivity index (χ1n) is 7.22. The second kappa shape index (κ2) is 5.57. The maximum absolute atomic E-state index is 12.4. The van der Waals surface area contributed by atoms with Crippen molar-refractivity contribution in [1.29, 1.82) is 0 Å². The van der Waals surface area contributed by atoms with Crippen molar-refractivity contribution in [2.24, 2.45) is 0 Å². The van der Waals surface area contributed by atoms with E-state index in [-0.39, 0.29) is 5.75 Å². The van der Waals surface area contributed by atoms with Crippen LogP contribution in [0, 0.1) is 6.92 Å². The lowest BCUT2D eigenvalue weighted by Crippen LogP contribution is -2.15. The summed E-state index contributed by atoms with van der Waals surface area (Å²) in [4.78, 5) is 4.37. The molecule has 4 rings (SSSR count). The number of nitrogens with zero attached hydrogens (tertiary/aromatic N) is 2. The highest BCUT2D eigenvalue weighted by Gasteiger charge is 2.19. The van der Waals surface area contributed by atoms with Gasteiger partial charge in [0.15, 0.2) is 10.7 Å². The van der Waals surface area contributed by atoms with Gasteiger partial charge in [0, 0.05) is 5.39 Å². The lowest BCUT2D eigenvalue weighted by Gasteiger charge is -2.02. The molecular formula is C16H13N3O3S2. The third-order valence-electron chi connectivity index (χ3n) is 3.64. The molecule has 2 aromatic heterocycles. The van der Waals surface area contributed by atoms with E-state index in [1.54, 1.807) is 12.1 Å². The molecule has 0 aliphatic rings. The molecule has 0 unspecified atom stereocenters. The van der Waals surface area contributed by atoms with Crippen LogP contribution in [0.15, 0.2) is 47.0 Å². The molecule has 0 saturated heterocycles. The Bertz CT molecular complexity index is 1150. The summed E-state index contributed by atoms with van der Waals surface area (Å²) >= 11 is 1.31. The predicted molar refractivity (Wildman–Crippen MR) is 94.6 cm³/mol. The van der Waals surface area contributed by atoms with Gasteiger partial charge in [-0.2, -0.15) is 0 Å². The standard InChI is InChI=1S/C16H13N3O3S2/c1-10-5-4-8-14-15(10)17-16(23-14)19-24(20,21)9-12-11-6-2-3-7-13(11)22-18-12/h2-8H,9H2,1H3,(H,17,19). The molecule has 4 aromatic rings. The number of sulfonamides is 1. The van der Waals surface area contributed by atoms with Gasteiger partial charge in [-0.3, -0.25) is 4.72 Å². The lowest BCUT2D eigenvalue weighted by atomic mass is 10.2. The Morgan fingerprint density at radius 2 is 2.00 bits per heavy atom. The van der Waals surface area contributed by atoms with E-state index in [1.165, 1.54) is 11.3 Å². The van der Waals surface area contributed by atoms with Crippen LogP contribution >= 0.6 is 11.3 Å². The fourth-order valence-electron chi connectivity index (χ4n) is 2.52. The Balaban J connectivity index is 1.63. The molecule has 0 saturated carbocycles. The van der Waals surface area contributed by atoms with Crippen molar-refractivity contribution in [3.63, 3.8) is 0 Å². The monoisotopic (exact) mass is 359 g/mol. The average Bonchev–Trinajstić information content (AvgIpc) is 3.12. The van der Waals surface area contributed by atoms with Crippen LogP contribution in [0.25, 0.3) is 21.2 Å². The minimum absolute atomic E-state index is 0.265. The second-order valence-electron chi connectivity index (χ2n) is 5.43. The Morgan fingerprint density at radius 3 is 2.83 bits per heavy atom. The molecule has 24 heavy (non-hydrogen) atoms. The Morgan fingerprint density at radius 1 is 1.17 bits per heavy atom. The average molecular weight is 359 g/mol. The van der Waals surface area contributed by atoms with Gasteiger partial charge < -0.3 is 4.52 Å². The van der Waals surface area contributed by atoms with Gasteiger partial charge in [0.2, 0.25) is 10.0 Å². The number of nitrogens with one attached hydrogen (secondary N) is 1. The van der Waals surface area contributed by atoms with E-state index in [1.807, 2.05) is 37.3 Å². The summed E-state index contributed by atoms with van der Waals surface area (Å²) in [5.41, 5.74) is 2.78. The van der Waals surface area contributed by atoms with Gasteiger partial charge in [-0.1, -0.05) is 40.8 Å². The largest absolute Gasteiger partial charge is 0.356 e. The molecule has 2 aromatic carbocycles. The van der Waals surface area contributed by atoms with Gasteiger partial charge in [-0.25, -0.2) is 13.4 Å². The topological polar surface area (TPSA) is 85.1 Å². The number of anilines is 1. The molecule has 0 bridgehead atoms. The predicted octanol–water partition coefficient (Wildman–Crippen LogP) is 3.69. The maximum Gasteiger partial charge on any atom is 0.240 e. The third-order valence-corrected chi connectivity index (χ3v) is 5.87. The molecule has 6 nitrogen and oxygen atoms in total. The van der Waals surface area contributed by atoms with E-state index in [0.29, 0.717) is 21.8 Å². The zero-order valence-electron chi connectivity index (χ0n) is 12.7. The smallest absolute Gasteiger partial charge is 0.240 e. The lowest BCUT2D eigenvalue weighted by molar-refractivity contribution is 0.448. The van der Waals surface area contributed by atoms with Gasteiger partial charge >= 0.3 is 0 Å². The summed E-state index contributed by atoms with van der Waals surface area (Å²) in [6.07, 6.45) is 0. The first-order chi connectivity index (χ1) is 11.5. The van der Waals surface area contributed by atoms with Gasteiger partial charge in [0.25, 0.3) is 0 Å². The van der Waals surface area contributed by atoms with E-state index in [2.05, 4.69) is 14.9 Å².